The monoisotopic (exact) mass is 506 g/mol. The van der Waals surface area contributed by atoms with Crippen LogP contribution in [0, 0.1) is 0 Å². The van der Waals surface area contributed by atoms with Crippen molar-refractivity contribution in [3.8, 4) is 11.5 Å². The van der Waals surface area contributed by atoms with Gasteiger partial charge < -0.3 is 14.2 Å². The Morgan fingerprint density at radius 2 is 1.83 bits per heavy atom. The van der Waals surface area contributed by atoms with Gasteiger partial charge in [0.15, 0.2) is 16.3 Å². The quantitative estimate of drug-likeness (QED) is 0.361. The van der Waals surface area contributed by atoms with Crippen molar-refractivity contribution in [1.82, 2.24) is 4.57 Å². The van der Waals surface area contributed by atoms with Crippen molar-refractivity contribution in [3.63, 3.8) is 0 Å². The number of thiazole rings is 1. The molecule has 36 heavy (non-hydrogen) atoms. The van der Waals surface area contributed by atoms with Gasteiger partial charge in [-0.15, -0.1) is 0 Å². The number of benzene rings is 2. The van der Waals surface area contributed by atoms with Crippen molar-refractivity contribution < 1.29 is 23.8 Å². The third-order valence-electron chi connectivity index (χ3n) is 5.45. The molecule has 0 amide bonds. The second-order valence-corrected chi connectivity index (χ2v) is 8.95. The molecule has 0 radical (unpaired) electrons. The Morgan fingerprint density at radius 1 is 1.08 bits per heavy atom. The minimum Gasteiger partial charge on any atom is -0.490 e. The van der Waals surface area contributed by atoms with Crippen LogP contribution < -0.4 is 24.4 Å². The highest BCUT2D eigenvalue weighted by Gasteiger charge is 2.34. The van der Waals surface area contributed by atoms with Crippen LogP contribution >= 0.6 is 11.3 Å². The van der Waals surface area contributed by atoms with E-state index in [2.05, 4.69) is 4.99 Å². The van der Waals surface area contributed by atoms with Gasteiger partial charge in [-0.1, -0.05) is 47.7 Å². The summed E-state index contributed by atoms with van der Waals surface area (Å²) in [6.07, 6.45) is 1.81. The highest BCUT2D eigenvalue weighted by molar-refractivity contribution is 7.07. The molecule has 0 spiro atoms. The fourth-order valence-corrected chi connectivity index (χ4v) is 5.06. The molecule has 0 saturated carbocycles. The molecule has 3 aromatic rings. The van der Waals surface area contributed by atoms with E-state index in [1.54, 1.807) is 38.1 Å². The van der Waals surface area contributed by atoms with Gasteiger partial charge in [0, 0.05) is 6.92 Å². The van der Waals surface area contributed by atoms with Gasteiger partial charge >= 0.3 is 11.9 Å². The van der Waals surface area contributed by atoms with Crippen LogP contribution in [0.2, 0.25) is 0 Å². The SMILES string of the molecule is CCOC(=O)C1=C(C)N=c2s/c(=C/c3ccccc3)c(=O)n2C1c1ccc(OC(C)=O)c(OCC)c1. The zero-order valence-corrected chi connectivity index (χ0v) is 21.3. The number of esters is 2. The molecule has 1 aliphatic rings. The van der Waals surface area contributed by atoms with E-state index in [1.807, 2.05) is 37.3 Å². The molecular formula is C27H26N2O6S. The number of nitrogens with zero attached hydrogens (tertiary/aromatic N) is 2. The normalized spacial score (nSPS) is 15.2. The summed E-state index contributed by atoms with van der Waals surface area (Å²) in [7, 11) is 0. The topological polar surface area (TPSA) is 96.2 Å². The highest BCUT2D eigenvalue weighted by Crippen LogP contribution is 2.36. The van der Waals surface area contributed by atoms with E-state index in [0.717, 1.165) is 5.56 Å². The van der Waals surface area contributed by atoms with Gasteiger partial charge in [0.1, 0.15) is 0 Å². The van der Waals surface area contributed by atoms with Crippen LogP contribution in [-0.4, -0.2) is 29.7 Å². The molecule has 0 aliphatic carbocycles. The minimum absolute atomic E-state index is 0.177. The third-order valence-corrected chi connectivity index (χ3v) is 6.43. The maximum atomic E-state index is 13.7. The van der Waals surface area contributed by atoms with Crippen molar-refractivity contribution in [1.29, 1.82) is 0 Å². The Bertz CT molecular complexity index is 1520. The number of fused-ring (bicyclic) bond motifs is 1. The smallest absolute Gasteiger partial charge is 0.338 e. The third kappa shape index (κ3) is 5.01. The standard InChI is InChI=1S/C27H26N2O6S/c1-5-33-21-15-19(12-13-20(21)35-17(4)30)24-23(26(32)34-6-2)16(3)28-27-29(24)25(31)22(36-27)14-18-10-8-7-9-11-18/h7-15,24H,5-6H2,1-4H3/b22-14+. The Hall–Kier alpha value is -3.98. The summed E-state index contributed by atoms with van der Waals surface area (Å²) in [5.74, 6) is -0.457. The maximum absolute atomic E-state index is 13.7. The molecule has 0 saturated heterocycles. The van der Waals surface area contributed by atoms with Crippen LogP contribution in [0.1, 0.15) is 44.9 Å². The van der Waals surface area contributed by atoms with E-state index < -0.39 is 18.0 Å². The summed E-state index contributed by atoms with van der Waals surface area (Å²) >= 11 is 1.25. The molecule has 1 atom stereocenters. The average Bonchev–Trinajstić information content (AvgIpc) is 3.14. The van der Waals surface area contributed by atoms with Crippen LogP contribution in [0.15, 0.2) is 69.6 Å². The first kappa shape index (κ1) is 25.1. The molecule has 2 aromatic carbocycles. The van der Waals surface area contributed by atoms with Gasteiger partial charge in [0.25, 0.3) is 5.56 Å². The zero-order chi connectivity index (χ0) is 25.8. The highest BCUT2D eigenvalue weighted by atomic mass is 32.1. The largest absolute Gasteiger partial charge is 0.490 e. The molecule has 4 rings (SSSR count). The van der Waals surface area contributed by atoms with Gasteiger partial charge in [0.05, 0.1) is 35.1 Å². The van der Waals surface area contributed by atoms with Gasteiger partial charge in [-0.3, -0.25) is 14.2 Å². The Kier molecular flexibility index (Phi) is 7.49. The summed E-state index contributed by atoms with van der Waals surface area (Å²) in [6.45, 7) is 7.07. The van der Waals surface area contributed by atoms with E-state index in [9.17, 15) is 14.4 Å². The lowest BCUT2D eigenvalue weighted by molar-refractivity contribution is -0.139. The van der Waals surface area contributed by atoms with Crippen LogP contribution in [-0.2, 0) is 14.3 Å². The van der Waals surface area contributed by atoms with E-state index in [4.69, 9.17) is 14.2 Å². The van der Waals surface area contributed by atoms with Gasteiger partial charge in [-0.05, 0) is 50.1 Å². The number of aromatic nitrogens is 1. The summed E-state index contributed by atoms with van der Waals surface area (Å²) in [5, 5.41) is 0. The number of ether oxygens (including phenoxy) is 3. The number of hydrogen-bond donors (Lipinski definition) is 0. The number of carbonyl (C=O) groups is 2. The predicted molar refractivity (Wildman–Crippen MR) is 136 cm³/mol. The molecule has 1 aromatic heterocycles. The summed E-state index contributed by atoms with van der Waals surface area (Å²) < 4.78 is 18.3. The lowest BCUT2D eigenvalue weighted by Crippen LogP contribution is -2.40. The van der Waals surface area contributed by atoms with E-state index in [0.29, 0.717) is 33.0 Å². The summed E-state index contributed by atoms with van der Waals surface area (Å²) in [6, 6.07) is 13.7. The second-order valence-electron chi connectivity index (χ2n) is 7.95. The molecule has 2 heterocycles. The first-order valence-corrected chi connectivity index (χ1v) is 12.4. The molecule has 1 unspecified atom stereocenters. The van der Waals surface area contributed by atoms with Gasteiger partial charge in [-0.25, -0.2) is 9.79 Å². The van der Waals surface area contributed by atoms with Crippen LogP contribution in [0.3, 0.4) is 0 Å². The number of carbonyl (C=O) groups excluding carboxylic acids is 2. The lowest BCUT2D eigenvalue weighted by Gasteiger charge is -2.25. The molecule has 9 heteroatoms. The minimum atomic E-state index is -0.802. The molecule has 1 aliphatic heterocycles. The van der Waals surface area contributed by atoms with Crippen LogP contribution in [0.25, 0.3) is 6.08 Å². The Balaban J connectivity index is 1.95. The number of allylic oxidation sites excluding steroid dienone is 1. The van der Waals surface area contributed by atoms with E-state index in [1.165, 1.54) is 22.8 Å². The first-order chi connectivity index (χ1) is 17.3. The number of rotatable bonds is 7. The van der Waals surface area contributed by atoms with Crippen molar-refractivity contribution in [3.05, 3.63) is 90.6 Å². The fourth-order valence-electron chi connectivity index (χ4n) is 4.01. The van der Waals surface area contributed by atoms with Gasteiger partial charge in [0.2, 0.25) is 0 Å². The van der Waals surface area contributed by atoms with Crippen molar-refractivity contribution in [2.45, 2.75) is 33.7 Å². The van der Waals surface area contributed by atoms with E-state index >= 15 is 0 Å². The molecule has 8 nitrogen and oxygen atoms in total. The molecule has 0 N–H and O–H groups in total. The van der Waals surface area contributed by atoms with E-state index in [-0.39, 0.29) is 23.5 Å². The fraction of sp³-hybridized carbons (Fsp3) is 0.259. The predicted octanol–water partition coefficient (Wildman–Crippen LogP) is 3.12. The second kappa shape index (κ2) is 10.7. The summed E-state index contributed by atoms with van der Waals surface area (Å²) in [4.78, 5) is 43.4. The molecule has 0 fully saturated rings. The maximum Gasteiger partial charge on any atom is 0.338 e. The number of hydrogen-bond acceptors (Lipinski definition) is 8. The summed E-state index contributed by atoms with van der Waals surface area (Å²) in [5.41, 5.74) is 1.93. The molecular weight excluding hydrogens is 480 g/mol. The molecule has 0 bridgehead atoms. The molecule has 186 valence electrons. The van der Waals surface area contributed by atoms with Crippen LogP contribution in [0.5, 0.6) is 11.5 Å². The first-order valence-electron chi connectivity index (χ1n) is 11.5. The Labute approximate surface area is 211 Å². The van der Waals surface area contributed by atoms with Crippen molar-refractivity contribution in [2.24, 2.45) is 4.99 Å². The van der Waals surface area contributed by atoms with Crippen LogP contribution in [0.4, 0.5) is 0 Å². The average molecular weight is 507 g/mol. The van der Waals surface area contributed by atoms with Crippen molar-refractivity contribution in [2.75, 3.05) is 13.2 Å². The lowest BCUT2D eigenvalue weighted by atomic mass is 9.95. The van der Waals surface area contributed by atoms with Crippen molar-refractivity contribution >= 4 is 29.4 Å². The van der Waals surface area contributed by atoms with Gasteiger partial charge in [-0.2, -0.15) is 0 Å². The Morgan fingerprint density at radius 3 is 2.50 bits per heavy atom. The zero-order valence-electron chi connectivity index (χ0n) is 20.4.